The quantitative estimate of drug-likeness (QED) is 0.470. The number of ketones is 1. The van der Waals surface area contributed by atoms with E-state index in [0.29, 0.717) is 13.0 Å². The standard InChI is InChI=1S/C16H29NO4/c1-12(2)16(20)17-11-7-5-6-8-14(18)9-10-15(19)21-13(3)4/h12-13H,5-11H2,1-4H3,(H,17,20). The third kappa shape index (κ3) is 12.1. The Morgan fingerprint density at radius 2 is 1.57 bits per heavy atom. The number of nitrogens with one attached hydrogen (secondary N) is 1. The second kappa shape index (κ2) is 11.3. The Kier molecular flexibility index (Phi) is 10.5. The average Bonchev–Trinajstić information content (AvgIpc) is 2.39. The van der Waals surface area contributed by atoms with Crippen molar-refractivity contribution in [2.24, 2.45) is 5.92 Å². The lowest BCUT2D eigenvalue weighted by molar-refractivity contribution is -0.148. The summed E-state index contributed by atoms with van der Waals surface area (Å²) in [5.74, 6) is -0.136. The number of Topliss-reactive ketones (excluding diaryl/α,β-unsaturated/α-hetero) is 1. The minimum absolute atomic E-state index is 0.0113. The Morgan fingerprint density at radius 1 is 0.905 bits per heavy atom. The lowest BCUT2D eigenvalue weighted by Gasteiger charge is -2.08. The van der Waals surface area contributed by atoms with E-state index < -0.39 is 0 Å². The molecule has 0 rings (SSSR count). The third-order valence-corrected chi connectivity index (χ3v) is 2.93. The molecule has 0 aromatic carbocycles. The zero-order chi connectivity index (χ0) is 16.3. The molecule has 0 heterocycles. The average molecular weight is 299 g/mol. The summed E-state index contributed by atoms with van der Waals surface area (Å²) in [5.41, 5.74) is 0. The molecule has 1 N–H and O–H groups in total. The first-order chi connectivity index (χ1) is 9.82. The highest BCUT2D eigenvalue weighted by Crippen LogP contribution is 2.05. The van der Waals surface area contributed by atoms with E-state index in [2.05, 4.69) is 5.32 Å². The van der Waals surface area contributed by atoms with Crippen LogP contribution in [-0.2, 0) is 19.1 Å². The number of hydrogen-bond acceptors (Lipinski definition) is 4. The molecule has 0 saturated carbocycles. The van der Waals surface area contributed by atoms with Gasteiger partial charge in [0.1, 0.15) is 5.78 Å². The molecule has 0 aliphatic carbocycles. The van der Waals surface area contributed by atoms with Gasteiger partial charge < -0.3 is 10.1 Å². The number of unbranched alkanes of at least 4 members (excludes halogenated alkanes) is 2. The van der Waals surface area contributed by atoms with E-state index in [0.717, 1.165) is 19.3 Å². The summed E-state index contributed by atoms with van der Waals surface area (Å²) >= 11 is 0. The van der Waals surface area contributed by atoms with Crippen LogP contribution in [0.15, 0.2) is 0 Å². The minimum atomic E-state index is -0.310. The van der Waals surface area contributed by atoms with E-state index in [4.69, 9.17) is 4.74 Å². The van der Waals surface area contributed by atoms with E-state index in [-0.39, 0.29) is 42.5 Å². The molecule has 0 aliphatic heterocycles. The predicted molar refractivity (Wildman–Crippen MR) is 81.8 cm³/mol. The van der Waals surface area contributed by atoms with Gasteiger partial charge in [-0.3, -0.25) is 14.4 Å². The molecule has 0 radical (unpaired) electrons. The van der Waals surface area contributed by atoms with Crippen LogP contribution < -0.4 is 5.32 Å². The van der Waals surface area contributed by atoms with Crippen LogP contribution >= 0.6 is 0 Å². The largest absolute Gasteiger partial charge is 0.463 e. The van der Waals surface area contributed by atoms with Gasteiger partial charge in [0.05, 0.1) is 12.5 Å². The zero-order valence-corrected chi connectivity index (χ0v) is 13.7. The van der Waals surface area contributed by atoms with Crippen LogP contribution in [0, 0.1) is 5.92 Å². The number of carbonyl (C=O) groups is 3. The van der Waals surface area contributed by atoms with Crippen molar-refractivity contribution in [1.29, 1.82) is 0 Å². The molecule has 122 valence electrons. The summed E-state index contributed by atoms with van der Waals surface area (Å²) in [4.78, 5) is 34.2. The van der Waals surface area contributed by atoms with Crippen LogP contribution in [0.25, 0.3) is 0 Å². The van der Waals surface area contributed by atoms with Crippen LogP contribution in [0.5, 0.6) is 0 Å². The lowest BCUT2D eigenvalue weighted by atomic mass is 10.1. The van der Waals surface area contributed by atoms with Gasteiger partial charge in [0, 0.05) is 25.3 Å². The van der Waals surface area contributed by atoms with Gasteiger partial charge in [-0.25, -0.2) is 0 Å². The Labute approximate surface area is 127 Å². The molecule has 0 saturated heterocycles. The smallest absolute Gasteiger partial charge is 0.306 e. The van der Waals surface area contributed by atoms with E-state index in [1.807, 2.05) is 13.8 Å². The minimum Gasteiger partial charge on any atom is -0.463 e. The summed E-state index contributed by atoms with van der Waals surface area (Å²) in [7, 11) is 0. The summed E-state index contributed by atoms with van der Waals surface area (Å²) in [6.07, 6.45) is 3.37. The second-order valence-electron chi connectivity index (χ2n) is 5.83. The Morgan fingerprint density at radius 3 is 2.14 bits per heavy atom. The summed E-state index contributed by atoms with van der Waals surface area (Å²) in [6.45, 7) is 7.96. The normalized spacial score (nSPS) is 10.8. The maximum absolute atomic E-state index is 11.6. The number of rotatable bonds is 11. The molecule has 0 unspecified atom stereocenters. The summed E-state index contributed by atoms with van der Waals surface area (Å²) in [5, 5.41) is 2.84. The van der Waals surface area contributed by atoms with Gasteiger partial charge in [-0.2, -0.15) is 0 Å². The van der Waals surface area contributed by atoms with E-state index in [1.165, 1.54) is 0 Å². The fourth-order valence-corrected chi connectivity index (χ4v) is 1.73. The monoisotopic (exact) mass is 299 g/mol. The molecule has 0 aromatic rings. The van der Waals surface area contributed by atoms with Crippen LogP contribution in [-0.4, -0.2) is 30.3 Å². The number of carbonyl (C=O) groups excluding carboxylic acids is 3. The molecular formula is C16H29NO4. The number of esters is 1. The van der Waals surface area contributed by atoms with Crippen molar-refractivity contribution in [3.8, 4) is 0 Å². The molecule has 0 spiro atoms. The second-order valence-corrected chi connectivity index (χ2v) is 5.83. The van der Waals surface area contributed by atoms with Gasteiger partial charge in [-0.15, -0.1) is 0 Å². The first-order valence-corrected chi connectivity index (χ1v) is 7.81. The molecule has 0 fully saturated rings. The first-order valence-electron chi connectivity index (χ1n) is 7.81. The fourth-order valence-electron chi connectivity index (χ4n) is 1.73. The van der Waals surface area contributed by atoms with Crippen molar-refractivity contribution in [2.45, 2.75) is 72.3 Å². The van der Waals surface area contributed by atoms with Crippen molar-refractivity contribution in [2.75, 3.05) is 6.54 Å². The van der Waals surface area contributed by atoms with Crippen molar-refractivity contribution in [1.82, 2.24) is 5.32 Å². The lowest BCUT2D eigenvalue weighted by Crippen LogP contribution is -2.28. The number of amides is 1. The summed E-state index contributed by atoms with van der Waals surface area (Å²) in [6, 6.07) is 0. The van der Waals surface area contributed by atoms with Gasteiger partial charge in [0.2, 0.25) is 5.91 Å². The van der Waals surface area contributed by atoms with E-state index >= 15 is 0 Å². The molecule has 1 amide bonds. The molecule has 0 aromatic heterocycles. The first kappa shape index (κ1) is 19.6. The van der Waals surface area contributed by atoms with Gasteiger partial charge in [0.15, 0.2) is 0 Å². The van der Waals surface area contributed by atoms with Gasteiger partial charge in [0.25, 0.3) is 0 Å². The number of ether oxygens (including phenoxy) is 1. The van der Waals surface area contributed by atoms with Crippen molar-refractivity contribution >= 4 is 17.7 Å². The van der Waals surface area contributed by atoms with Gasteiger partial charge >= 0.3 is 5.97 Å². The van der Waals surface area contributed by atoms with Gasteiger partial charge in [-0.1, -0.05) is 20.3 Å². The third-order valence-electron chi connectivity index (χ3n) is 2.93. The molecular weight excluding hydrogens is 270 g/mol. The summed E-state index contributed by atoms with van der Waals surface area (Å²) < 4.78 is 4.97. The van der Waals surface area contributed by atoms with Crippen LogP contribution in [0.1, 0.15) is 66.2 Å². The van der Waals surface area contributed by atoms with E-state index in [9.17, 15) is 14.4 Å². The van der Waals surface area contributed by atoms with Crippen molar-refractivity contribution in [3.63, 3.8) is 0 Å². The van der Waals surface area contributed by atoms with E-state index in [1.54, 1.807) is 13.8 Å². The van der Waals surface area contributed by atoms with Crippen LogP contribution in [0.3, 0.4) is 0 Å². The Balaban J connectivity index is 3.50. The SMILES string of the molecule is CC(C)OC(=O)CCC(=O)CCCCCNC(=O)C(C)C. The topological polar surface area (TPSA) is 72.5 Å². The maximum atomic E-state index is 11.6. The molecule has 0 aliphatic rings. The molecule has 5 nitrogen and oxygen atoms in total. The Hall–Kier alpha value is -1.39. The number of hydrogen-bond donors (Lipinski definition) is 1. The molecule has 0 bridgehead atoms. The predicted octanol–water partition coefficient (Wildman–Crippen LogP) is 2.62. The van der Waals surface area contributed by atoms with Crippen molar-refractivity contribution < 1.29 is 19.1 Å². The fraction of sp³-hybridized carbons (Fsp3) is 0.812. The zero-order valence-electron chi connectivity index (χ0n) is 13.7. The molecule has 5 heteroatoms. The van der Waals surface area contributed by atoms with Crippen molar-refractivity contribution in [3.05, 3.63) is 0 Å². The van der Waals surface area contributed by atoms with Gasteiger partial charge in [-0.05, 0) is 26.7 Å². The highest BCUT2D eigenvalue weighted by atomic mass is 16.5. The molecule has 0 atom stereocenters. The Bertz CT molecular complexity index is 337. The molecule has 21 heavy (non-hydrogen) atoms. The highest BCUT2D eigenvalue weighted by molar-refractivity contribution is 5.82. The van der Waals surface area contributed by atoms with Crippen LogP contribution in [0.4, 0.5) is 0 Å². The van der Waals surface area contributed by atoms with Crippen LogP contribution in [0.2, 0.25) is 0 Å². The maximum Gasteiger partial charge on any atom is 0.306 e. The highest BCUT2D eigenvalue weighted by Gasteiger charge is 2.09.